The van der Waals surface area contributed by atoms with E-state index in [2.05, 4.69) is 18.8 Å². The Balaban J connectivity index is 2.11. The average Bonchev–Trinajstić information content (AvgIpc) is 2.78. The number of benzene rings is 1. The van der Waals surface area contributed by atoms with Crippen LogP contribution in [0, 0.1) is 5.92 Å². The van der Waals surface area contributed by atoms with Crippen molar-refractivity contribution in [3.8, 4) is 6.08 Å². The molecule has 0 saturated heterocycles. The van der Waals surface area contributed by atoms with Crippen LogP contribution in [0.1, 0.15) is 37.0 Å². The Hall–Kier alpha value is -2.04. The van der Waals surface area contributed by atoms with Gasteiger partial charge in [0.25, 0.3) is 0 Å². The largest absolute Gasteiger partial charge is 0.478 e. The molecular formula is C14H17NO4. The Kier molecular flexibility index (Phi) is 4.04. The number of nitrogens with zero attached hydrogens (tertiary/aromatic N) is 1. The number of carbonyl (C=O) groups is 1. The van der Waals surface area contributed by atoms with E-state index in [-0.39, 0.29) is 11.6 Å². The molecule has 0 aliphatic carbocycles. The number of hydrogen-bond donors (Lipinski definition) is 1. The van der Waals surface area contributed by atoms with E-state index in [9.17, 15) is 4.79 Å². The third-order valence-corrected chi connectivity index (χ3v) is 2.89. The molecule has 0 aliphatic heterocycles. The van der Waals surface area contributed by atoms with Gasteiger partial charge in [-0.05, 0) is 30.5 Å². The minimum atomic E-state index is -0.989. The molecule has 0 saturated carbocycles. The van der Waals surface area contributed by atoms with Crippen molar-refractivity contribution in [2.24, 2.45) is 5.92 Å². The van der Waals surface area contributed by atoms with Gasteiger partial charge in [-0.1, -0.05) is 20.3 Å². The minimum Gasteiger partial charge on any atom is -0.478 e. The van der Waals surface area contributed by atoms with Crippen molar-refractivity contribution in [2.75, 3.05) is 6.61 Å². The van der Waals surface area contributed by atoms with E-state index in [0.717, 1.165) is 12.8 Å². The molecule has 0 radical (unpaired) electrons. The minimum absolute atomic E-state index is 0.176. The molecule has 0 spiro atoms. The lowest BCUT2D eigenvalue weighted by atomic mass is 10.1. The lowest BCUT2D eigenvalue weighted by Crippen LogP contribution is -2.08. The van der Waals surface area contributed by atoms with Crippen molar-refractivity contribution in [1.82, 2.24) is 4.98 Å². The van der Waals surface area contributed by atoms with Crippen LogP contribution in [-0.2, 0) is 0 Å². The molecule has 1 aromatic carbocycles. The number of ether oxygens (including phenoxy) is 1. The molecule has 19 heavy (non-hydrogen) atoms. The predicted octanol–water partition coefficient (Wildman–Crippen LogP) is 3.34. The van der Waals surface area contributed by atoms with Crippen LogP contribution >= 0.6 is 0 Å². The molecule has 0 aliphatic rings. The van der Waals surface area contributed by atoms with Crippen molar-refractivity contribution in [2.45, 2.75) is 26.7 Å². The zero-order chi connectivity index (χ0) is 13.8. The molecule has 1 heterocycles. The van der Waals surface area contributed by atoms with Crippen LogP contribution in [-0.4, -0.2) is 22.7 Å². The third kappa shape index (κ3) is 3.24. The Morgan fingerprint density at radius 2 is 2.32 bits per heavy atom. The number of hydrogen-bond acceptors (Lipinski definition) is 4. The van der Waals surface area contributed by atoms with Gasteiger partial charge in [0.05, 0.1) is 12.2 Å². The Morgan fingerprint density at radius 3 is 3.00 bits per heavy atom. The zero-order valence-corrected chi connectivity index (χ0v) is 11.0. The second-order valence-electron chi connectivity index (χ2n) is 4.67. The van der Waals surface area contributed by atoms with Gasteiger partial charge in [0, 0.05) is 0 Å². The predicted molar refractivity (Wildman–Crippen MR) is 70.5 cm³/mol. The van der Waals surface area contributed by atoms with Gasteiger partial charge in [-0.15, -0.1) is 0 Å². The summed E-state index contributed by atoms with van der Waals surface area (Å²) in [6, 6.07) is 4.56. The summed E-state index contributed by atoms with van der Waals surface area (Å²) in [5, 5.41) is 8.89. The first-order valence-corrected chi connectivity index (χ1v) is 6.36. The molecule has 5 heteroatoms. The van der Waals surface area contributed by atoms with Crippen LogP contribution in [0.4, 0.5) is 0 Å². The van der Waals surface area contributed by atoms with Gasteiger partial charge in [-0.25, -0.2) is 4.79 Å². The standard InChI is InChI=1S/C14H17NO4/c1-3-4-9(2)8-18-14-15-11-6-5-10(13(16)17)7-12(11)19-14/h5-7,9H,3-4,8H2,1-2H3,(H,16,17). The molecule has 0 amide bonds. The fourth-order valence-corrected chi connectivity index (χ4v) is 1.89. The Labute approximate surface area is 111 Å². The summed E-state index contributed by atoms with van der Waals surface area (Å²) in [4.78, 5) is 15.0. The average molecular weight is 263 g/mol. The molecule has 0 bridgehead atoms. The molecule has 102 valence electrons. The van der Waals surface area contributed by atoms with Crippen molar-refractivity contribution < 1.29 is 19.1 Å². The van der Waals surface area contributed by atoms with Crippen LogP contribution in [0.3, 0.4) is 0 Å². The van der Waals surface area contributed by atoms with E-state index < -0.39 is 5.97 Å². The number of oxazole rings is 1. The molecule has 1 N–H and O–H groups in total. The quantitative estimate of drug-likeness (QED) is 0.865. The van der Waals surface area contributed by atoms with Gasteiger partial charge in [0.2, 0.25) is 0 Å². The van der Waals surface area contributed by atoms with E-state index in [4.69, 9.17) is 14.3 Å². The summed E-state index contributed by atoms with van der Waals surface area (Å²) < 4.78 is 10.9. The highest BCUT2D eigenvalue weighted by atomic mass is 16.6. The lowest BCUT2D eigenvalue weighted by Gasteiger charge is -2.08. The van der Waals surface area contributed by atoms with Crippen molar-refractivity contribution >= 4 is 17.1 Å². The second-order valence-corrected chi connectivity index (χ2v) is 4.67. The van der Waals surface area contributed by atoms with Gasteiger partial charge in [0.15, 0.2) is 5.58 Å². The van der Waals surface area contributed by atoms with Gasteiger partial charge >= 0.3 is 12.0 Å². The molecule has 2 rings (SSSR count). The molecular weight excluding hydrogens is 246 g/mol. The highest BCUT2D eigenvalue weighted by molar-refractivity contribution is 5.91. The summed E-state index contributed by atoms with van der Waals surface area (Å²) in [6.07, 6.45) is 2.39. The Morgan fingerprint density at radius 1 is 1.53 bits per heavy atom. The first-order valence-electron chi connectivity index (χ1n) is 6.36. The molecule has 1 aromatic heterocycles. The van der Waals surface area contributed by atoms with E-state index in [1.807, 2.05) is 0 Å². The smallest absolute Gasteiger partial charge is 0.394 e. The first kappa shape index (κ1) is 13.4. The topological polar surface area (TPSA) is 72.6 Å². The third-order valence-electron chi connectivity index (χ3n) is 2.89. The maximum atomic E-state index is 10.8. The monoisotopic (exact) mass is 263 g/mol. The SMILES string of the molecule is CCCC(C)COc1nc2ccc(C(=O)O)cc2o1. The van der Waals surface area contributed by atoms with Gasteiger partial charge in [-0.2, -0.15) is 4.98 Å². The number of carboxylic acids is 1. The number of fused-ring (bicyclic) bond motifs is 1. The normalized spacial score (nSPS) is 12.5. The van der Waals surface area contributed by atoms with Gasteiger partial charge in [0.1, 0.15) is 5.52 Å². The zero-order valence-electron chi connectivity index (χ0n) is 11.0. The summed E-state index contributed by atoms with van der Waals surface area (Å²) in [5.41, 5.74) is 1.20. The van der Waals surface area contributed by atoms with Crippen LogP contribution in [0.15, 0.2) is 22.6 Å². The number of rotatable bonds is 6. The highest BCUT2D eigenvalue weighted by Crippen LogP contribution is 2.22. The number of aromatic carboxylic acids is 1. The van der Waals surface area contributed by atoms with Crippen molar-refractivity contribution in [3.63, 3.8) is 0 Å². The van der Waals surface area contributed by atoms with Crippen LogP contribution in [0.2, 0.25) is 0 Å². The highest BCUT2D eigenvalue weighted by Gasteiger charge is 2.11. The molecule has 5 nitrogen and oxygen atoms in total. The van der Waals surface area contributed by atoms with Crippen LogP contribution in [0.25, 0.3) is 11.1 Å². The first-order chi connectivity index (χ1) is 9.10. The fourth-order valence-electron chi connectivity index (χ4n) is 1.89. The summed E-state index contributed by atoms with van der Waals surface area (Å²) in [5.74, 6) is -0.549. The maximum Gasteiger partial charge on any atom is 0.394 e. The summed E-state index contributed by atoms with van der Waals surface area (Å²) in [6.45, 7) is 4.78. The van der Waals surface area contributed by atoms with Gasteiger partial charge in [-0.3, -0.25) is 0 Å². The van der Waals surface area contributed by atoms with Gasteiger partial charge < -0.3 is 14.3 Å². The van der Waals surface area contributed by atoms with Crippen molar-refractivity contribution in [1.29, 1.82) is 0 Å². The second kappa shape index (κ2) is 5.73. The Bertz CT molecular complexity index is 576. The van der Waals surface area contributed by atoms with Crippen LogP contribution < -0.4 is 4.74 Å². The summed E-state index contributed by atoms with van der Waals surface area (Å²) >= 11 is 0. The maximum absolute atomic E-state index is 10.8. The molecule has 0 fully saturated rings. The number of carboxylic acid groups (broad SMARTS) is 1. The van der Waals surface area contributed by atoms with Crippen molar-refractivity contribution in [3.05, 3.63) is 23.8 Å². The van der Waals surface area contributed by atoms with Crippen LogP contribution in [0.5, 0.6) is 6.08 Å². The fraction of sp³-hybridized carbons (Fsp3) is 0.429. The lowest BCUT2D eigenvalue weighted by molar-refractivity contribution is 0.0697. The molecule has 1 unspecified atom stereocenters. The van der Waals surface area contributed by atoms with E-state index >= 15 is 0 Å². The molecule has 2 aromatic rings. The number of aromatic nitrogens is 1. The van der Waals surface area contributed by atoms with E-state index in [1.165, 1.54) is 12.1 Å². The summed E-state index contributed by atoms with van der Waals surface area (Å²) in [7, 11) is 0. The molecule has 1 atom stereocenters. The van der Waals surface area contributed by atoms with E-state index in [0.29, 0.717) is 23.6 Å². The van der Waals surface area contributed by atoms with E-state index in [1.54, 1.807) is 6.07 Å².